The Labute approximate surface area is 128 Å². The second kappa shape index (κ2) is 6.67. The van der Waals surface area contributed by atoms with Gasteiger partial charge in [-0.05, 0) is 59.3 Å². The maximum Gasteiger partial charge on any atom is 0.318 e. The molecule has 2 fully saturated rings. The van der Waals surface area contributed by atoms with Crippen LogP contribution in [0.3, 0.4) is 0 Å². The number of carbonyl (C=O) groups is 2. The van der Waals surface area contributed by atoms with Crippen molar-refractivity contribution in [2.75, 3.05) is 19.6 Å². The van der Waals surface area contributed by atoms with Gasteiger partial charge in [-0.2, -0.15) is 0 Å². The van der Waals surface area contributed by atoms with E-state index >= 15 is 0 Å². The fraction of sp³-hybridized carbons (Fsp3) is 0.875. The predicted molar refractivity (Wildman–Crippen MR) is 83.1 cm³/mol. The Bertz CT molecular complexity index is 383. The van der Waals surface area contributed by atoms with Gasteiger partial charge < -0.3 is 15.1 Å². The number of hydrogen-bond donors (Lipinski definition) is 1. The van der Waals surface area contributed by atoms with Crippen molar-refractivity contribution in [1.29, 1.82) is 0 Å². The van der Waals surface area contributed by atoms with Crippen LogP contribution in [0, 0.1) is 0 Å². The van der Waals surface area contributed by atoms with Crippen molar-refractivity contribution >= 4 is 11.9 Å². The minimum Gasteiger partial charge on any atom is -0.341 e. The van der Waals surface area contributed by atoms with Gasteiger partial charge in [0, 0.05) is 25.2 Å². The smallest absolute Gasteiger partial charge is 0.318 e. The van der Waals surface area contributed by atoms with Crippen LogP contribution in [0.1, 0.15) is 59.3 Å². The summed E-state index contributed by atoms with van der Waals surface area (Å²) in [5.74, 6) is 0.151. The highest BCUT2D eigenvalue weighted by Crippen LogP contribution is 2.21. The fourth-order valence-electron chi connectivity index (χ4n) is 3.15. The Morgan fingerprint density at radius 1 is 0.952 bits per heavy atom. The van der Waals surface area contributed by atoms with Gasteiger partial charge in [-0.1, -0.05) is 0 Å². The molecular formula is C16H29N3O2. The van der Waals surface area contributed by atoms with Gasteiger partial charge in [0.15, 0.2) is 0 Å². The first-order valence-electron chi connectivity index (χ1n) is 8.26. The van der Waals surface area contributed by atoms with E-state index in [0.29, 0.717) is 6.54 Å². The number of amides is 3. The molecule has 2 aliphatic heterocycles. The molecule has 0 spiro atoms. The van der Waals surface area contributed by atoms with Gasteiger partial charge in [-0.3, -0.25) is 4.79 Å². The Morgan fingerprint density at radius 2 is 1.57 bits per heavy atom. The number of urea groups is 1. The number of hydrogen-bond acceptors (Lipinski definition) is 2. The molecule has 0 radical (unpaired) electrons. The molecule has 5 heteroatoms. The highest BCUT2D eigenvalue weighted by atomic mass is 16.2. The summed E-state index contributed by atoms with van der Waals surface area (Å²) in [7, 11) is 0. The molecule has 2 rings (SSSR count). The number of piperidine rings is 2. The lowest BCUT2D eigenvalue weighted by molar-refractivity contribution is -0.138. The summed E-state index contributed by atoms with van der Waals surface area (Å²) in [6, 6.07) is -0.364. The zero-order chi connectivity index (χ0) is 15.5. The van der Waals surface area contributed by atoms with E-state index in [1.807, 2.05) is 25.7 Å². The van der Waals surface area contributed by atoms with Crippen molar-refractivity contribution in [1.82, 2.24) is 15.1 Å². The summed E-state index contributed by atoms with van der Waals surface area (Å²) in [5.41, 5.74) is -0.271. The predicted octanol–water partition coefficient (Wildman–Crippen LogP) is 2.36. The fourth-order valence-corrected chi connectivity index (χ4v) is 3.15. The van der Waals surface area contributed by atoms with Gasteiger partial charge in [0.05, 0.1) is 0 Å². The zero-order valence-electron chi connectivity index (χ0n) is 13.7. The van der Waals surface area contributed by atoms with Crippen molar-refractivity contribution in [3.63, 3.8) is 0 Å². The van der Waals surface area contributed by atoms with Crippen molar-refractivity contribution < 1.29 is 9.59 Å². The van der Waals surface area contributed by atoms with E-state index in [1.54, 1.807) is 4.90 Å². The molecular weight excluding hydrogens is 266 g/mol. The number of carbonyl (C=O) groups excluding carboxylic acids is 2. The van der Waals surface area contributed by atoms with Crippen molar-refractivity contribution in [2.24, 2.45) is 0 Å². The molecule has 2 aliphatic rings. The molecule has 120 valence electrons. The molecule has 2 heterocycles. The lowest BCUT2D eigenvalue weighted by Crippen LogP contribution is -2.58. The molecule has 0 aromatic heterocycles. The van der Waals surface area contributed by atoms with Crippen LogP contribution < -0.4 is 5.32 Å². The zero-order valence-corrected chi connectivity index (χ0v) is 13.7. The molecule has 2 saturated heterocycles. The minimum absolute atomic E-state index is 0.0995. The Hall–Kier alpha value is -1.26. The van der Waals surface area contributed by atoms with Crippen LogP contribution in [-0.2, 0) is 4.79 Å². The van der Waals surface area contributed by atoms with Crippen molar-refractivity contribution in [3.8, 4) is 0 Å². The number of nitrogens with one attached hydrogen (secondary N) is 1. The Morgan fingerprint density at radius 3 is 2.19 bits per heavy atom. The standard InChI is InChI=1S/C16H29N3O2/c1-16(2,3)17-15(21)19-12-8-5-9-13(19)14(20)18-10-6-4-7-11-18/h13H,4-12H2,1-3H3,(H,17,21). The minimum atomic E-state index is -0.271. The summed E-state index contributed by atoms with van der Waals surface area (Å²) in [6.45, 7) is 8.29. The largest absolute Gasteiger partial charge is 0.341 e. The van der Waals surface area contributed by atoms with E-state index in [2.05, 4.69) is 5.32 Å². The summed E-state index contributed by atoms with van der Waals surface area (Å²) < 4.78 is 0. The van der Waals surface area contributed by atoms with E-state index in [-0.39, 0.29) is 23.5 Å². The summed E-state index contributed by atoms with van der Waals surface area (Å²) in [4.78, 5) is 28.9. The van der Waals surface area contributed by atoms with Gasteiger partial charge in [-0.15, -0.1) is 0 Å². The van der Waals surface area contributed by atoms with Gasteiger partial charge in [0.2, 0.25) is 5.91 Å². The first kappa shape index (κ1) is 16.1. The first-order valence-corrected chi connectivity index (χ1v) is 8.26. The molecule has 0 aromatic rings. The van der Waals surface area contributed by atoms with Crippen LogP contribution in [-0.4, -0.2) is 53.0 Å². The van der Waals surface area contributed by atoms with Gasteiger partial charge in [0.1, 0.15) is 6.04 Å². The normalized spacial score (nSPS) is 23.9. The molecule has 0 aromatic carbocycles. The SMILES string of the molecule is CC(C)(C)NC(=O)N1CCCCC1C(=O)N1CCCCC1. The number of likely N-dealkylation sites (tertiary alicyclic amines) is 2. The Kier molecular flexibility index (Phi) is 5.12. The average Bonchev–Trinajstić information content (AvgIpc) is 2.45. The molecule has 1 atom stereocenters. The lowest BCUT2D eigenvalue weighted by Gasteiger charge is -2.39. The second-order valence-electron chi connectivity index (χ2n) is 7.27. The van der Waals surface area contributed by atoms with Crippen molar-refractivity contribution in [2.45, 2.75) is 70.9 Å². The maximum atomic E-state index is 12.7. The van der Waals surface area contributed by atoms with E-state index in [4.69, 9.17) is 0 Å². The average molecular weight is 295 g/mol. The highest BCUT2D eigenvalue weighted by Gasteiger charge is 2.35. The van der Waals surface area contributed by atoms with Gasteiger partial charge in [0.25, 0.3) is 0 Å². The second-order valence-corrected chi connectivity index (χ2v) is 7.27. The molecule has 5 nitrogen and oxygen atoms in total. The van der Waals surface area contributed by atoms with Gasteiger partial charge in [-0.25, -0.2) is 4.79 Å². The number of nitrogens with zero attached hydrogens (tertiary/aromatic N) is 2. The van der Waals surface area contributed by atoms with E-state index < -0.39 is 0 Å². The Balaban J connectivity index is 2.04. The van der Waals surface area contributed by atoms with Crippen LogP contribution in [0.4, 0.5) is 4.79 Å². The third kappa shape index (κ3) is 4.35. The molecule has 21 heavy (non-hydrogen) atoms. The summed E-state index contributed by atoms with van der Waals surface area (Å²) >= 11 is 0. The molecule has 0 bridgehead atoms. The molecule has 1 unspecified atom stereocenters. The molecule has 0 aliphatic carbocycles. The summed E-state index contributed by atoms with van der Waals surface area (Å²) in [5, 5.41) is 2.99. The van der Waals surface area contributed by atoms with Crippen LogP contribution >= 0.6 is 0 Å². The van der Waals surface area contributed by atoms with Crippen molar-refractivity contribution in [3.05, 3.63) is 0 Å². The molecule has 0 saturated carbocycles. The van der Waals surface area contributed by atoms with Crippen LogP contribution in [0.25, 0.3) is 0 Å². The molecule has 1 N–H and O–H groups in total. The first-order chi connectivity index (χ1) is 9.88. The van der Waals surface area contributed by atoms with Crippen LogP contribution in [0.5, 0.6) is 0 Å². The monoisotopic (exact) mass is 295 g/mol. The summed E-state index contributed by atoms with van der Waals surface area (Å²) in [6.07, 6.45) is 6.21. The topological polar surface area (TPSA) is 52.7 Å². The van der Waals surface area contributed by atoms with Crippen LogP contribution in [0.2, 0.25) is 0 Å². The lowest BCUT2D eigenvalue weighted by atomic mass is 9.99. The van der Waals surface area contributed by atoms with E-state index in [0.717, 1.165) is 45.2 Å². The highest BCUT2D eigenvalue weighted by molar-refractivity contribution is 5.87. The van der Waals surface area contributed by atoms with E-state index in [9.17, 15) is 9.59 Å². The van der Waals surface area contributed by atoms with Crippen LogP contribution in [0.15, 0.2) is 0 Å². The number of rotatable bonds is 1. The quantitative estimate of drug-likeness (QED) is 0.807. The molecule has 3 amide bonds. The third-order valence-electron chi connectivity index (χ3n) is 4.20. The van der Waals surface area contributed by atoms with E-state index in [1.165, 1.54) is 6.42 Å². The van der Waals surface area contributed by atoms with Gasteiger partial charge >= 0.3 is 6.03 Å². The maximum absolute atomic E-state index is 12.7. The third-order valence-corrected chi connectivity index (χ3v) is 4.20.